The summed E-state index contributed by atoms with van der Waals surface area (Å²) in [6, 6.07) is 9.20. The lowest BCUT2D eigenvalue weighted by atomic mass is 9.94. The maximum Gasteiger partial charge on any atom is 0.0319 e. The average Bonchev–Trinajstić information content (AvgIpc) is 2.95. The predicted molar refractivity (Wildman–Crippen MR) is 71.2 cm³/mol. The zero-order valence-electron chi connectivity index (χ0n) is 11.1. The lowest BCUT2D eigenvalue weighted by Crippen LogP contribution is -2.26. The Kier molecular flexibility index (Phi) is 3.55. The topological polar surface area (TPSA) is 23.5 Å². The molecular formula is C15H23NO. The van der Waals surface area contributed by atoms with E-state index in [1.807, 2.05) is 0 Å². The van der Waals surface area contributed by atoms with Crippen LogP contribution in [0.5, 0.6) is 0 Å². The van der Waals surface area contributed by atoms with E-state index in [2.05, 4.69) is 43.0 Å². The standard InChI is InChI=1S/C14H19N.CH4O/c1-3-15-9-13-8-14(13,10-15)12-6-4-11(2)5-7-12;1-2/h4-7,13H,3,8-10H2,1-2H3;2H,1H3. The van der Waals surface area contributed by atoms with E-state index >= 15 is 0 Å². The van der Waals surface area contributed by atoms with Crippen LogP contribution in [-0.4, -0.2) is 36.8 Å². The molecule has 2 aliphatic rings. The van der Waals surface area contributed by atoms with Crippen molar-refractivity contribution in [3.05, 3.63) is 35.4 Å². The summed E-state index contributed by atoms with van der Waals surface area (Å²) in [5.74, 6) is 0.945. The molecule has 0 aromatic heterocycles. The fraction of sp³-hybridized carbons (Fsp3) is 0.600. The molecule has 94 valence electrons. The van der Waals surface area contributed by atoms with Gasteiger partial charge >= 0.3 is 0 Å². The Morgan fingerprint density at radius 1 is 1.29 bits per heavy atom. The van der Waals surface area contributed by atoms with Crippen LogP contribution in [-0.2, 0) is 5.41 Å². The monoisotopic (exact) mass is 233 g/mol. The molecule has 1 aromatic rings. The maximum atomic E-state index is 7.00. The van der Waals surface area contributed by atoms with Crippen LogP contribution in [0.3, 0.4) is 0 Å². The Bertz CT molecular complexity index is 373. The van der Waals surface area contributed by atoms with Gasteiger partial charge in [0.2, 0.25) is 0 Å². The highest BCUT2D eigenvalue weighted by molar-refractivity contribution is 5.38. The van der Waals surface area contributed by atoms with Crippen molar-refractivity contribution in [2.45, 2.75) is 25.7 Å². The smallest absolute Gasteiger partial charge is 0.0319 e. The van der Waals surface area contributed by atoms with Crippen molar-refractivity contribution in [3.8, 4) is 0 Å². The number of aliphatic hydroxyl groups is 1. The second-order valence-corrected chi connectivity index (χ2v) is 5.25. The molecule has 3 rings (SSSR count). The molecule has 0 radical (unpaired) electrons. The molecule has 17 heavy (non-hydrogen) atoms. The van der Waals surface area contributed by atoms with Crippen LogP contribution < -0.4 is 0 Å². The van der Waals surface area contributed by atoms with Crippen LogP contribution in [0.4, 0.5) is 0 Å². The van der Waals surface area contributed by atoms with Crippen molar-refractivity contribution in [2.24, 2.45) is 5.92 Å². The van der Waals surface area contributed by atoms with E-state index in [4.69, 9.17) is 5.11 Å². The van der Waals surface area contributed by atoms with E-state index in [1.54, 1.807) is 5.56 Å². The number of aliphatic hydroxyl groups excluding tert-OH is 1. The van der Waals surface area contributed by atoms with Gasteiger partial charge in [-0.05, 0) is 31.4 Å². The Morgan fingerprint density at radius 2 is 1.94 bits per heavy atom. The van der Waals surface area contributed by atoms with Gasteiger partial charge in [-0.1, -0.05) is 36.8 Å². The van der Waals surface area contributed by atoms with Crippen molar-refractivity contribution in [1.82, 2.24) is 4.90 Å². The fourth-order valence-corrected chi connectivity index (χ4v) is 3.16. The van der Waals surface area contributed by atoms with Gasteiger partial charge in [0.05, 0.1) is 0 Å². The van der Waals surface area contributed by atoms with E-state index in [-0.39, 0.29) is 0 Å². The molecule has 0 amide bonds. The van der Waals surface area contributed by atoms with Crippen LogP contribution >= 0.6 is 0 Å². The Labute approximate surface area is 104 Å². The zero-order valence-corrected chi connectivity index (χ0v) is 11.1. The SMILES string of the molecule is CCN1CC2CC2(c2ccc(C)cc2)C1.CO. The molecule has 2 atom stereocenters. The molecule has 2 unspecified atom stereocenters. The minimum atomic E-state index is 0.545. The summed E-state index contributed by atoms with van der Waals surface area (Å²) in [7, 11) is 1.00. The van der Waals surface area contributed by atoms with Gasteiger partial charge in [0, 0.05) is 25.6 Å². The predicted octanol–water partition coefficient (Wildman–Crippen LogP) is 2.20. The number of likely N-dealkylation sites (N-methyl/N-ethyl adjacent to an activating group) is 1. The molecule has 1 aliphatic carbocycles. The second-order valence-electron chi connectivity index (χ2n) is 5.25. The van der Waals surface area contributed by atoms with Crippen LogP contribution in [0.25, 0.3) is 0 Å². The van der Waals surface area contributed by atoms with E-state index in [0.29, 0.717) is 5.41 Å². The Hall–Kier alpha value is -0.860. The first kappa shape index (κ1) is 12.6. The lowest BCUT2D eigenvalue weighted by Gasteiger charge is -2.19. The third-order valence-electron chi connectivity index (χ3n) is 4.29. The van der Waals surface area contributed by atoms with Crippen LogP contribution in [0, 0.1) is 12.8 Å². The largest absolute Gasteiger partial charge is 0.400 e. The molecule has 1 saturated heterocycles. The molecular weight excluding hydrogens is 210 g/mol. The van der Waals surface area contributed by atoms with Crippen molar-refractivity contribution in [3.63, 3.8) is 0 Å². The third-order valence-corrected chi connectivity index (χ3v) is 4.29. The van der Waals surface area contributed by atoms with Gasteiger partial charge in [-0.3, -0.25) is 0 Å². The first-order valence-corrected chi connectivity index (χ1v) is 6.49. The Balaban J connectivity index is 0.000000514. The van der Waals surface area contributed by atoms with Gasteiger partial charge in [0.15, 0.2) is 0 Å². The maximum absolute atomic E-state index is 7.00. The number of piperidine rings is 1. The first-order valence-electron chi connectivity index (χ1n) is 6.49. The Morgan fingerprint density at radius 3 is 2.47 bits per heavy atom. The molecule has 1 N–H and O–H groups in total. The quantitative estimate of drug-likeness (QED) is 0.846. The van der Waals surface area contributed by atoms with E-state index in [0.717, 1.165) is 13.0 Å². The van der Waals surface area contributed by atoms with Crippen LogP contribution in [0.1, 0.15) is 24.5 Å². The molecule has 1 aromatic carbocycles. The summed E-state index contributed by atoms with van der Waals surface area (Å²) in [6.07, 6.45) is 1.42. The van der Waals surface area contributed by atoms with Crippen LogP contribution in [0.2, 0.25) is 0 Å². The van der Waals surface area contributed by atoms with Crippen molar-refractivity contribution in [1.29, 1.82) is 0 Å². The van der Waals surface area contributed by atoms with Gasteiger partial charge < -0.3 is 10.0 Å². The highest BCUT2D eigenvalue weighted by Crippen LogP contribution is 2.58. The van der Waals surface area contributed by atoms with E-state index in [1.165, 1.54) is 31.6 Å². The molecule has 2 fully saturated rings. The van der Waals surface area contributed by atoms with Gasteiger partial charge in [-0.2, -0.15) is 0 Å². The minimum Gasteiger partial charge on any atom is -0.400 e. The summed E-state index contributed by atoms with van der Waals surface area (Å²) in [5.41, 5.74) is 3.50. The van der Waals surface area contributed by atoms with Gasteiger partial charge in [0.1, 0.15) is 0 Å². The molecule has 1 saturated carbocycles. The average molecular weight is 233 g/mol. The van der Waals surface area contributed by atoms with Gasteiger partial charge in [-0.25, -0.2) is 0 Å². The molecule has 1 heterocycles. The molecule has 0 spiro atoms. The number of benzene rings is 1. The fourth-order valence-electron chi connectivity index (χ4n) is 3.16. The number of nitrogens with zero attached hydrogens (tertiary/aromatic N) is 1. The van der Waals surface area contributed by atoms with E-state index < -0.39 is 0 Å². The molecule has 2 nitrogen and oxygen atoms in total. The number of rotatable bonds is 2. The summed E-state index contributed by atoms with van der Waals surface area (Å²) in [4.78, 5) is 2.59. The minimum absolute atomic E-state index is 0.545. The van der Waals surface area contributed by atoms with Gasteiger partial charge in [-0.15, -0.1) is 0 Å². The highest BCUT2D eigenvalue weighted by Gasteiger charge is 2.60. The summed E-state index contributed by atoms with van der Waals surface area (Å²) < 4.78 is 0. The normalized spacial score (nSPS) is 30.5. The number of likely N-dealkylation sites (tertiary alicyclic amines) is 1. The summed E-state index contributed by atoms with van der Waals surface area (Å²) >= 11 is 0. The number of aryl methyl sites for hydroxylation is 1. The first-order chi connectivity index (χ1) is 8.24. The summed E-state index contributed by atoms with van der Waals surface area (Å²) in [5, 5.41) is 7.00. The van der Waals surface area contributed by atoms with Crippen LogP contribution in [0.15, 0.2) is 24.3 Å². The number of fused-ring (bicyclic) bond motifs is 1. The number of hydrogen-bond acceptors (Lipinski definition) is 2. The number of hydrogen-bond donors (Lipinski definition) is 1. The molecule has 2 heteroatoms. The third kappa shape index (κ3) is 2.12. The van der Waals surface area contributed by atoms with E-state index in [9.17, 15) is 0 Å². The molecule has 1 aliphatic heterocycles. The summed E-state index contributed by atoms with van der Waals surface area (Å²) in [6.45, 7) is 8.26. The van der Waals surface area contributed by atoms with Crippen molar-refractivity contribution in [2.75, 3.05) is 26.7 Å². The van der Waals surface area contributed by atoms with Crippen molar-refractivity contribution >= 4 is 0 Å². The van der Waals surface area contributed by atoms with Gasteiger partial charge in [0.25, 0.3) is 0 Å². The lowest BCUT2D eigenvalue weighted by molar-refractivity contribution is 0.314. The van der Waals surface area contributed by atoms with Crippen molar-refractivity contribution < 1.29 is 5.11 Å². The highest BCUT2D eigenvalue weighted by atomic mass is 16.2. The molecule has 0 bridgehead atoms. The second kappa shape index (κ2) is 4.79. The zero-order chi connectivity index (χ0) is 12.5.